The zero-order chi connectivity index (χ0) is 37.7. The fourth-order valence-electron chi connectivity index (χ4n) is 6.64. The molecule has 280 valence electrons. The van der Waals surface area contributed by atoms with E-state index >= 15 is 4.39 Å². The number of benzene rings is 2. The molecule has 2 aromatic heterocycles. The second-order valence-corrected chi connectivity index (χ2v) is 17.8. The van der Waals surface area contributed by atoms with Crippen LogP contribution < -0.4 is 14.8 Å². The molecule has 4 aromatic rings. The Kier molecular flexibility index (Phi) is 9.94. The van der Waals surface area contributed by atoms with Gasteiger partial charge < -0.3 is 19.5 Å². The second-order valence-electron chi connectivity index (χ2n) is 15.9. The molecule has 1 aliphatic heterocycles. The summed E-state index contributed by atoms with van der Waals surface area (Å²) in [5.41, 5.74) is 1.65. The minimum atomic E-state index is -3.88. The minimum absolute atomic E-state index is 0.0253. The van der Waals surface area contributed by atoms with E-state index in [0.29, 0.717) is 23.9 Å². The van der Waals surface area contributed by atoms with Crippen LogP contribution in [-0.4, -0.2) is 57.2 Å². The zero-order valence-corrected chi connectivity index (χ0v) is 32.2. The number of nitrogens with zero attached hydrogens (tertiary/aromatic N) is 5. The van der Waals surface area contributed by atoms with E-state index in [0.717, 1.165) is 29.7 Å². The molecule has 1 N–H and O–H groups in total. The molecule has 1 aliphatic carbocycles. The standard InChI is InChI=1S/C38H49FN6O6S/c1-23(2)28-22-44(36(46)51-38(6,7)8)42-35(28)50-27-15-12-25(18-27)31-19-33(45(41-31)37(3,4)5)40-30-16-17-32-29(34(30)39)21-43(52(32,47)48)20-24-10-13-26(49-9)14-11-24/h10-11,13-14,16-17,19,22-23,25,27,40H,12,15,18,20-21H2,1-9H3/t25-,27+/m1/s1. The first-order valence-corrected chi connectivity index (χ1v) is 19.1. The maximum atomic E-state index is 16.2. The smallest absolute Gasteiger partial charge is 0.435 e. The van der Waals surface area contributed by atoms with Crippen molar-refractivity contribution < 1.29 is 31.8 Å². The first kappa shape index (κ1) is 37.3. The van der Waals surface area contributed by atoms with Crippen molar-refractivity contribution in [3.8, 4) is 11.6 Å². The SMILES string of the molecule is COc1ccc(CN2Cc3c(ccc(Nc4cc([C@@H]5CC[C@H](Oc6nn(C(=O)OC(C)(C)C)cc6C(C)C)C5)nn4C(C)(C)C)c3F)S2(=O)=O)cc1. The van der Waals surface area contributed by atoms with E-state index in [1.807, 2.05) is 66.1 Å². The van der Waals surface area contributed by atoms with Gasteiger partial charge in [-0.2, -0.15) is 14.1 Å². The number of sulfonamides is 1. The highest BCUT2D eigenvalue weighted by Gasteiger charge is 2.38. The summed E-state index contributed by atoms with van der Waals surface area (Å²) in [5.74, 6) is 1.23. The van der Waals surface area contributed by atoms with Gasteiger partial charge in [-0.3, -0.25) is 0 Å². The fraction of sp³-hybridized carbons (Fsp3) is 0.500. The lowest BCUT2D eigenvalue weighted by atomic mass is 10.0. The van der Waals surface area contributed by atoms with Gasteiger partial charge in [0, 0.05) is 42.4 Å². The Hall–Kier alpha value is -4.43. The van der Waals surface area contributed by atoms with Gasteiger partial charge in [0.1, 0.15) is 23.3 Å². The van der Waals surface area contributed by atoms with E-state index in [9.17, 15) is 13.2 Å². The maximum Gasteiger partial charge on any atom is 0.435 e. The summed E-state index contributed by atoms with van der Waals surface area (Å²) >= 11 is 0. The van der Waals surface area contributed by atoms with Crippen LogP contribution in [0.3, 0.4) is 0 Å². The van der Waals surface area contributed by atoms with Crippen LogP contribution in [0.15, 0.2) is 53.6 Å². The van der Waals surface area contributed by atoms with Crippen molar-refractivity contribution in [3.63, 3.8) is 0 Å². The summed E-state index contributed by atoms with van der Waals surface area (Å²) < 4.78 is 64.5. The Labute approximate surface area is 305 Å². The van der Waals surface area contributed by atoms with Gasteiger partial charge in [0.25, 0.3) is 0 Å². The number of halogens is 1. The first-order chi connectivity index (χ1) is 24.3. The number of methoxy groups -OCH3 is 1. The summed E-state index contributed by atoms with van der Waals surface area (Å²) in [6, 6.07) is 12.0. The van der Waals surface area contributed by atoms with Crippen molar-refractivity contribution in [2.45, 2.75) is 122 Å². The molecule has 14 heteroatoms. The molecule has 1 saturated carbocycles. The largest absolute Gasteiger partial charge is 0.497 e. The summed E-state index contributed by atoms with van der Waals surface area (Å²) in [5, 5.41) is 12.7. The van der Waals surface area contributed by atoms with E-state index in [4.69, 9.17) is 19.3 Å². The summed E-state index contributed by atoms with van der Waals surface area (Å²) in [6.45, 7) is 15.6. The molecule has 0 amide bonds. The monoisotopic (exact) mass is 736 g/mol. The Balaban J connectivity index is 1.19. The van der Waals surface area contributed by atoms with Crippen molar-refractivity contribution >= 4 is 27.6 Å². The lowest BCUT2D eigenvalue weighted by Crippen LogP contribution is -2.27. The van der Waals surface area contributed by atoms with Crippen LogP contribution >= 0.6 is 0 Å². The van der Waals surface area contributed by atoms with E-state index < -0.39 is 33.1 Å². The van der Waals surface area contributed by atoms with E-state index in [-0.39, 0.29) is 47.2 Å². The molecule has 0 unspecified atom stereocenters. The van der Waals surface area contributed by atoms with Gasteiger partial charge in [-0.15, -0.1) is 5.10 Å². The number of hydrogen-bond acceptors (Lipinski definition) is 9. The van der Waals surface area contributed by atoms with Gasteiger partial charge in [-0.25, -0.2) is 22.3 Å². The number of anilines is 2. The van der Waals surface area contributed by atoms with Gasteiger partial charge in [-0.05, 0) is 96.6 Å². The Bertz CT molecular complexity index is 2060. The van der Waals surface area contributed by atoms with Crippen molar-refractivity contribution in [1.82, 2.24) is 23.9 Å². The molecular weight excluding hydrogens is 688 g/mol. The number of hydrogen-bond donors (Lipinski definition) is 1. The first-order valence-electron chi connectivity index (χ1n) is 17.7. The van der Waals surface area contributed by atoms with Crippen LogP contribution in [0.4, 0.5) is 20.7 Å². The molecule has 6 rings (SSSR count). The highest BCUT2D eigenvalue weighted by atomic mass is 32.2. The maximum absolute atomic E-state index is 16.2. The number of aromatic nitrogens is 4. The minimum Gasteiger partial charge on any atom is -0.497 e. The number of rotatable bonds is 9. The third kappa shape index (κ3) is 7.68. The molecule has 0 saturated heterocycles. The van der Waals surface area contributed by atoms with E-state index in [1.165, 1.54) is 21.1 Å². The molecule has 1 fully saturated rings. The number of nitrogens with one attached hydrogen (secondary N) is 1. The molecule has 3 heterocycles. The van der Waals surface area contributed by atoms with Crippen molar-refractivity contribution in [3.05, 3.63) is 76.9 Å². The van der Waals surface area contributed by atoms with Crippen LogP contribution in [0.5, 0.6) is 11.6 Å². The number of carbonyl (C=O) groups excluding carboxylic acids is 1. The Morgan fingerprint density at radius 1 is 1.04 bits per heavy atom. The number of carbonyl (C=O) groups is 1. The number of ether oxygens (including phenoxy) is 3. The average molecular weight is 737 g/mol. The van der Waals surface area contributed by atoms with E-state index in [2.05, 4.69) is 10.4 Å². The highest BCUT2D eigenvalue weighted by molar-refractivity contribution is 7.89. The van der Waals surface area contributed by atoms with Crippen LogP contribution in [0.1, 0.15) is 109 Å². The molecule has 12 nitrogen and oxygen atoms in total. The molecule has 52 heavy (non-hydrogen) atoms. The molecule has 2 aliphatic rings. The van der Waals surface area contributed by atoms with Crippen LogP contribution in [0, 0.1) is 5.82 Å². The van der Waals surface area contributed by atoms with Crippen LogP contribution in [0.25, 0.3) is 0 Å². The number of fused-ring (bicyclic) bond motifs is 1. The van der Waals surface area contributed by atoms with E-state index in [1.54, 1.807) is 37.6 Å². The molecular formula is C38H49FN6O6S. The van der Waals surface area contributed by atoms with Gasteiger partial charge in [0.15, 0.2) is 5.82 Å². The van der Waals surface area contributed by atoms with Crippen molar-refractivity contribution in [2.24, 2.45) is 0 Å². The third-order valence-electron chi connectivity index (χ3n) is 9.29. The van der Waals surface area contributed by atoms with Gasteiger partial charge in [-0.1, -0.05) is 26.0 Å². The quantitative estimate of drug-likeness (QED) is 0.181. The molecule has 0 spiro atoms. The van der Waals surface area contributed by atoms with Gasteiger partial charge >= 0.3 is 6.09 Å². The molecule has 0 radical (unpaired) electrons. The Morgan fingerprint density at radius 3 is 2.38 bits per heavy atom. The van der Waals surface area contributed by atoms with Gasteiger partial charge in [0.2, 0.25) is 15.9 Å². The lowest BCUT2D eigenvalue weighted by molar-refractivity contribution is 0.0510. The second kappa shape index (κ2) is 13.8. The predicted molar refractivity (Wildman–Crippen MR) is 195 cm³/mol. The lowest BCUT2D eigenvalue weighted by Gasteiger charge is -2.23. The molecule has 2 aromatic carbocycles. The predicted octanol–water partition coefficient (Wildman–Crippen LogP) is 8.05. The summed E-state index contributed by atoms with van der Waals surface area (Å²) in [4.78, 5) is 12.7. The highest BCUT2D eigenvalue weighted by Crippen LogP contribution is 2.41. The van der Waals surface area contributed by atoms with Gasteiger partial charge in [0.05, 0.1) is 28.9 Å². The molecule has 0 bridgehead atoms. The summed E-state index contributed by atoms with van der Waals surface area (Å²) in [6.07, 6.45) is 3.26. The summed E-state index contributed by atoms with van der Waals surface area (Å²) in [7, 11) is -2.31. The Morgan fingerprint density at radius 2 is 1.75 bits per heavy atom. The van der Waals surface area contributed by atoms with Crippen LogP contribution in [0.2, 0.25) is 0 Å². The average Bonchev–Trinajstić information content (AvgIpc) is 3.84. The topological polar surface area (TPSA) is 130 Å². The van der Waals surface area contributed by atoms with Crippen LogP contribution in [-0.2, 0) is 33.4 Å². The normalized spacial score (nSPS) is 18.8. The fourth-order valence-corrected chi connectivity index (χ4v) is 8.24. The van der Waals surface area contributed by atoms with Crippen molar-refractivity contribution in [1.29, 1.82) is 0 Å². The third-order valence-corrected chi connectivity index (χ3v) is 11.2. The zero-order valence-electron chi connectivity index (χ0n) is 31.4. The van der Waals surface area contributed by atoms with Crippen molar-refractivity contribution in [2.75, 3.05) is 12.4 Å². The molecule has 2 atom stereocenters.